The van der Waals surface area contributed by atoms with Crippen molar-refractivity contribution in [1.82, 2.24) is 20.2 Å². The molecule has 1 aromatic carbocycles. The van der Waals surface area contributed by atoms with Crippen LogP contribution >= 0.6 is 0 Å². The first kappa shape index (κ1) is 28.1. The Morgan fingerprint density at radius 3 is 2.59 bits per heavy atom. The zero-order valence-electron chi connectivity index (χ0n) is 23.3. The summed E-state index contributed by atoms with van der Waals surface area (Å²) < 4.78 is 11.3. The molecule has 1 unspecified atom stereocenters. The molecule has 0 bridgehead atoms. The van der Waals surface area contributed by atoms with Crippen LogP contribution < -0.4 is 15.5 Å². The third kappa shape index (κ3) is 6.57. The number of hydrogen-bond acceptors (Lipinski definition) is 8. The van der Waals surface area contributed by atoms with Gasteiger partial charge in [0.1, 0.15) is 11.4 Å². The van der Waals surface area contributed by atoms with Crippen LogP contribution in [0.15, 0.2) is 24.3 Å². The molecule has 39 heavy (non-hydrogen) atoms. The molecule has 11 heteroatoms. The van der Waals surface area contributed by atoms with Crippen molar-refractivity contribution in [2.24, 2.45) is 0 Å². The van der Waals surface area contributed by atoms with Gasteiger partial charge in [-0.05, 0) is 65.3 Å². The van der Waals surface area contributed by atoms with Gasteiger partial charge in [-0.2, -0.15) is 5.26 Å². The number of anilines is 2. The van der Waals surface area contributed by atoms with E-state index < -0.39 is 17.7 Å². The van der Waals surface area contributed by atoms with E-state index in [9.17, 15) is 14.9 Å². The number of morpholine rings is 1. The van der Waals surface area contributed by atoms with Gasteiger partial charge in [-0.3, -0.25) is 4.90 Å². The van der Waals surface area contributed by atoms with Crippen molar-refractivity contribution in [3.8, 4) is 17.5 Å². The van der Waals surface area contributed by atoms with Gasteiger partial charge in [0.2, 0.25) is 0 Å². The molecule has 4 rings (SSSR count). The molecule has 208 valence electrons. The minimum Gasteiger partial charge on any atom is -0.444 e. The maximum Gasteiger partial charge on any atom is 0.410 e. The lowest BCUT2D eigenvalue weighted by atomic mass is 9.95. The molecule has 1 fully saturated rings. The number of ether oxygens (including phenoxy) is 2. The standard InChI is InChI=1S/C28H37N7O4/c1-6-30-26(36)31-20-9-7-19(8-10-20)24-32-23-21(25(33-24)34-15-16-38-17-18(34)2)12-14-35(22(23)11-13-29)27(37)39-28(3,4)5/h7-10,18,22H,6,11-12,14-17H2,1-5H3,(H2,30,31,36)/t18-,22?/m0/s1. The minimum absolute atomic E-state index is 0.0796. The van der Waals surface area contributed by atoms with Crippen molar-refractivity contribution < 1.29 is 19.1 Å². The molecule has 2 aromatic rings. The first-order valence-electron chi connectivity index (χ1n) is 13.4. The molecule has 1 saturated heterocycles. The van der Waals surface area contributed by atoms with E-state index in [0.717, 1.165) is 16.9 Å². The number of nitriles is 1. The van der Waals surface area contributed by atoms with Crippen molar-refractivity contribution in [3.05, 3.63) is 35.5 Å². The fourth-order valence-electron chi connectivity index (χ4n) is 4.82. The third-order valence-corrected chi connectivity index (χ3v) is 6.60. The Bertz CT molecular complexity index is 1240. The lowest BCUT2D eigenvalue weighted by Gasteiger charge is -2.40. The monoisotopic (exact) mass is 535 g/mol. The molecule has 3 amide bonds. The molecule has 0 aliphatic carbocycles. The van der Waals surface area contributed by atoms with Crippen molar-refractivity contribution in [1.29, 1.82) is 5.26 Å². The summed E-state index contributed by atoms with van der Waals surface area (Å²) in [5.41, 5.74) is 2.34. The molecule has 3 heterocycles. The SMILES string of the molecule is CCNC(=O)Nc1ccc(-c2nc3c(c(N4CCOC[C@@H]4C)n2)CCN(C(=O)OC(C)(C)C)C3CC#N)cc1. The fourth-order valence-corrected chi connectivity index (χ4v) is 4.82. The highest BCUT2D eigenvalue weighted by molar-refractivity contribution is 5.89. The van der Waals surface area contributed by atoms with Crippen LogP contribution in [-0.4, -0.2) is 71.5 Å². The van der Waals surface area contributed by atoms with Gasteiger partial charge in [-0.25, -0.2) is 19.6 Å². The minimum atomic E-state index is -0.663. The van der Waals surface area contributed by atoms with Crippen LogP contribution in [0.4, 0.5) is 21.1 Å². The van der Waals surface area contributed by atoms with Gasteiger partial charge in [-0.15, -0.1) is 0 Å². The molecule has 11 nitrogen and oxygen atoms in total. The molecule has 0 spiro atoms. The van der Waals surface area contributed by atoms with Gasteiger partial charge in [-0.1, -0.05) is 0 Å². The van der Waals surface area contributed by atoms with E-state index in [4.69, 9.17) is 19.4 Å². The number of benzene rings is 1. The van der Waals surface area contributed by atoms with E-state index in [1.165, 1.54) is 0 Å². The number of aromatic nitrogens is 2. The Morgan fingerprint density at radius 2 is 1.95 bits per heavy atom. The second-order valence-electron chi connectivity index (χ2n) is 10.7. The van der Waals surface area contributed by atoms with Crippen LogP contribution in [0.2, 0.25) is 0 Å². The van der Waals surface area contributed by atoms with Crippen LogP contribution in [0.3, 0.4) is 0 Å². The summed E-state index contributed by atoms with van der Waals surface area (Å²) in [6, 6.07) is 8.79. The average Bonchev–Trinajstić information content (AvgIpc) is 2.88. The Balaban J connectivity index is 1.77. The number of nitrogens with zero attached hydrogens (tertiary/aromatic N) is 5. The summed E-state index contributed by atoms with van der Waals surface area (Å²) >= 11 is 0. The summed E-state index contributed by atoms with van der Waals surface area (Å²) in [4.78, 5) is 38.9. The van der Waals surface area contributed by atoms with Gasteiger partial charge in [0, 0.05) is 36.4 Å². The fraction of sp³-hybridized carbons (Fsp3) is 0.536. The van der Waals surface area contributed by atoms with Gasteiger partial charge in [0.05, 0.1) is 43.5 Å². The maximum atomic E-state index is 13.2. The number of hydrogen-bond donors (Lipinski definition) is 2. The molecule has 0 saturated carbocycles. The molecular weight excluding hydrogens is 498 g/mol. The summed E-state index contributed by atoms with van der Waals surface area (Å²) in [5, 5.41) is 15.2. The third-order valence-electron chi connectivity index (χ3n) is 6.60. The van der Waals surface area contributed by atoms with Crippen LogP contribution in [0.5, 0.6) is 0 Å². The Morgan fingerprint density at radius 1 is 1.21 bits per heavy atom. The summed E-state index contributed by atoms with van der Waals surface area (Å²) in [7, 11) is 0. The quantitative estimate of drug-likeness (QED) is 0.580. The maximum absolute atomic E-state index is 13.2. The van der Waals surface area contributed by atoms with E-state index in [-0.39, 0.29) is 18.5 Å². The lowest BCUT2D eigenvalue weighted by molar-refractivity contribution is 0.0140. The number of carbonyl (C=O) groups excluding carboxylic acids is 2. The van der Waals surface area contributed by atoms with Crippen molar-refractivity contribution in [2.75, 3.05) is 43.1 Å². The Kier molecular flexibility index (Phi) is 8.55. The van der Waals surface area contributed by atoms with Crippen LogP contribution in [0.1, 0.15) is 58.3 Å². The Hall–Kier alpha value is -3.91. The molecule has 0 radical (unpaired) electrons. The first-order valence-corrected chi connectivity index (χ1v) is 13.4. The largest absolute Gasteiger partial charge is 0.444 e. The average molecular weight is 536 g/mol. The van der Waals surface area contributed by atoms with Gasteiger partial charge in [0.15, 0.2) is 5.82 Å². The van der Waals surface area contributed by atoms with Crippen molar-refractivity contribution in [2.45, 2.75) is 65.1 Å². The van der Waals surface area contributed by atoms with E-state index in [2.05, 4.69) is 28.5 Å². The number of carbonyl (C=O) groups is 2. The predicted octanol–water partition coefficient (Wildman–Crippen LogP) is 4.26. The number of urea groups is 1. The summed E-state index contributed by atoms with van der Waals surface area (Å²) in [6.07, 6.45) is 0.164. The smallest absolute Gasteiger partial charge is 0.410 e. The highest BCUT2D eigenvalue weighted by Crippen LogP contribution is 2.38. The zero-order chi connectivity index (χ0) is 28.2. The zero-order valence-corrected chi connectivity index (χ0v) is 23.3. The van der Waals surface area contributed by atoms with Crippen molar-refractivity contribution >= 4 is 23.6 Å². The number of nitrogens with one attached hydrogen (secondary N) is 2. The highest BCUT2D eigenvalue weighted by atomic mass is 16.6. The topological polar surface area (TPSA) is 133 Å². The molecule has 2 aliphatic rings. The predicted molar refractivity (Wildman–Crippen MR) is 147 cm³/mol. The summed E-state index contributed by atoms with van der Waals surface area (Å²) in [6.45, 7) is 12.2. The van der Waals surface area contributed by atoms with E-state index >= 15 is 0 Å². The van der Waals surface area contributed by atoms with E-state index in [1.54, 1.807) is 17.0 Å². The number of fused-ring (bicyclic) bond motifs is 1. The number of rotatable bonds is 5. The van der Waals surface area contributed by atoms with Crippen LogP contribution in [-0.2, 0) is 15.9 Å². The second-order valence-corrected chi connectivity index (χ2v) is 10.7. The highest BCUT2D eigenvalue weighted by Gasteiger charge is 2.38. The normalized spacial score (nSPS) is 19.1. The van der Waals surface area contributed by atoms with Crippen molar-refractivity contribution in [3.63, 3.8) is 0 Å². The van der Waals surface area contributed by atoms with Gasteiger partial charge < -0.3 is 25.0 Å². The molecule has 2 atom stereocenters. The summed E-state index contributed by atoms with van der Waals surface area (Å²) in [5.74, 6) is 1.29. The molecule has 2 N–H and O–H groups in total. The lowest BCUT2D eigenvalue weighted by Crippen LogP contribution is -2.47. The Labute approximate surface area is 229 Å². The van der Waals surface area contributed by atoms with Crippen LogP contribution in [0, 0.1) is 11.3 Å². The van der Waals surface area contributed by atoms with E-state index in [1.807, 2.05) is 39.8 Å². The number of amides is 3. The molecule has 1 aromatic heterocycles. The second kappa shape index (κ2) is 11.9. The van der Waals surface area contributed by atoms with Crippen LogP contribution in [0.25, 0.3) is 11.4 Å². The van der Waals surface area contributed by atoms with Gasteiger partial charge >= 0.3 is 12.1 Å². The van der Waals surface area contributed by atoms with Gasteiger partial charge in [0.25, 0.3) is 0 Å². The van der Waals surface area contributed by atoms with E-state index in [0.29, 0.717) is 56.5 Å². The molecular formula is C28H37N7O4. The molecule has 2 aliphatic heterocycles. The first-order chi connectivity index (χ1) is 18.6.